The van der Waals surface area contributed by atoms with Gasteiger partial charge in [0.1, 0.15) is 23.8 Å². The topological polar surface area (TPSA) is 154 Å². The van der Waals surface area contributed by atoms with Gasteiger partial charge in [0.15, 0.2) is 11.5 Å². The molecule has 10 nitrogen and oxygen atoms in total. The van der Waals surface area contributed by atoms with Crippen molar-refractivity contribution in [2.75, 3.05) is 13.7 Å². The number of nitrogens with zero attached hydrogens (tertiary/aromatic N) is 2. The molecule has 2 aromatic rings. The fraction of sp³-hybridized carbons (Fsp3) is 0.444. The maximum absolute atomic E-state index is 11.5. The number of phenolic OH excluding ortho intramolecular Hbond substituents is 1. The minimum Gasteiger partial charge on any atom is -0.504 e. The third-order valence-corrected chi connectivity index (χ3v) is 4.91. The smallest absolute Gasteiger partial charge is 0.370 e. The number of allylic oxidation sites excluding steroid dienone is 1. The Balaban J connectivity index is 2.07. The molecule has 0 amide bonds. The Labute approximate surface area is 159 Å². The van der Waals surface area contributed by atoms with Gasteiger partial charge in [-0.25, -0.2) is 4.79 Å². The van der Waals surface area contributed by atoms with E-state index in [1.165, 1.54) is 23.9 Å². The third-order valence-electron chi connectivity index (χ3n) is 4.91. The highest BCUT2D eigenvalue weighted by Crippen LogP contribution is 2.38. The predicted molar refractivity (Wildman–Crippen MR) is 95.8 cm³/mol. The zero-order valence-electron chi connectivity index (χ0n) is 15.3. The van der Waals surface area contributed by atoms with Crippen LogP contribution in [0.2, 0.25) is 0 Å². The van der Waals surface area contributed by atoms with Crippen LogP contribution in [0.5, 0.6) is 11.5 Å². The molecular weight excluding hydrogens is 372 g/mol. The Hall–Kier alpha value is -2.82. The molecule has 0 aliphatic carbocycles. The number of aliphatic hydroxyl groups excluding tert-OH is 3. The van der Waals surface area contributed by atoms with Crippen LogP contribution in [0.15, 0.2) is 30.2 Å². The second-order valence-electron chi connectivity index (χ2n) is 6.67. The number of methoxy groups -OCH3 is 1. The van der Waals surface area contributed by atoms with E-state index < -0.39 is 48.6 Å². The van der Waals surface area contributed by atoms with Gasteiger partial charge in [-0.1, -0.05) is 6.92 Å². The molecule has 0 radical (unpaired) electrons. The number of fused-ring (bicyclic) bond motifs is 1. The monoisotopic (exact) mass is 394 g/mol. The molecule has 1 aliphatic heterocycles. The number of hydrogen-bond donors (Lipinski definition) is 5. The standard InChI is InChI=1S/C18H22N2O8/c1-8-10(5-13(18(25)26)28-16(8)15(24)12(23)7-21)20-6-9-3-4-11(22)17(27-2)14(9)19-20/h3-6,8,10,12,15-16,21-24H,7H2,1-2H3,(H,25,26)/t8-,10+,12?,15?,16-/m1/s1. The number of carboxylic acid groups (broad SMARTS) is 1. The van der Waals surface area contributed by atoms with E-state index in [2.05, 4.69) is 5.10 Å². The summed E-state index contributed by atoms with van der Waals surface area (Å²) in [7, 11) is 1.40. The zero-order valence-corrected chi connectivity index (χ0v) is 15.3. The number of aliphatic carboxylic acids is 1. The Morgan fingerprint density at radius 1 is 1.39 bits per heavy atom. The second kappa shape index (κ2) is 7.66. The summed E-state index contributed by atoms with van der Waals surface area (Å²) >= 11 is 0. The lowest BCUT2D eigenvalue weighted by atomic mass is 9.87. The predicted octanol–water partition coefficient (Wildman–Crippen LogP) is 0.00910. The average molecular weight is 394 g/mol. The summed E-state index contributed by atoms with van der Waals surface area (Å²) in [5.74, 6) is -2.13. The summed E-state index contributed by atoms with van der Waals surface area (Å²) in [5.41, 5.74) is 0.388. The van der Waals surface area contributed by atoms with Gasteiger partial charge in [-0.3, -0.25) is 4.68 Å². The van der Waals surface area contributed by atoms with Crippen molar-refractivity contribution in [2.24, 2.45) is 5.92 Å². The average Bonchev–Trinajstić information content (AvgIpc) is 3.10. The van der Waals surface area contributed by atoms with Crippen molar-refractivity contribution in [3.8, 4) is 11.5 Å². The molecule has 0 saturated carbocycles. The Bertz CT molecular complexity index is 908. The fourth-order valence-corrected chi connectivity index (χ4v) is 3.36. The van der Waals surface area contributed by atoms with E-state index in [4.69, 9.17) is 14.6 Å². The summed E-state index contributed by atoms with van der Waals surface area (Å²) < 4.78 is 12.1. The molecule has 1 aliphatic rings. The van der Waals surface area contributed by atoms with Crippen molar-refractivity contribution in [1.29, 1.82) is 0 Å². The van der Waals surface area contributed by atoms with Gasteiger partial charge in [0.2, 0.25) is 5.76 Å². The Kier molecular flexibility index (Phi) is 5.45. The quantitative estimate of drug-likeness (QED) is 0.456. The molecule has 1 aromatic carbocycles. The number of aromatic nitrogens is 2. The van der Waals surface area contributed by atoms with Crippen molar-refractivity contribution in [3.63, 3.8) is 0 Å². The highest BCUT2D eigenvalue weighted by atomic mass is 16.5. The van der Waals surface area contributed by atoms with Crippen LogP contribution in [0.1, 0.15) is 13.0 Å². The van der Waals surface area contributed by atoms with Crippen LogP contribution < -0.4 is 4.74 Å². The first kappa shape index (κ1) is 19.9. The lowest BCUT2D eigenvalue weighted by Gasteiger charge is -2.38. The van der Waals surface area contributed by atoms with Crippen LogP contribution in [0.3, 0.4) is 0 Å². The van der Waals surface area contributed by atoms with Crippen LogP contribution in [0.4, 0.5) is 0 Å². The van der Waals surface area contributed by atoms with Crippen molar-refractivity contribution < 1.29 is 39.8 Å². The van der Waals surface area contributed by atoms with Gasteiger partial charge in [0, 0.05) is 17.5 Å². The number of hydrogen-bond acceptors (Lipinski definition) is 8. The van der Waals surface area contributed by atoms with Gasteiger partial charge in [-0.2, -0.15) is 5.10 Å². The van der Waals surface area contributed by atoms with Crippen molar-refractivity contribution in [1.82, 2.24) is 9.78 Å². The summed E-state index contributed by atoms with van der Waals surface area (Å²) in [4.78, 5) is 11.5. The normalized spacial score (nSPS) is 24.3. The SMILES string of the molecule is COc1c(O)ccc2cn([C@H]3C=C(C(=O)O)O[C@@H](C(O)C(O)CO)[C@@H]3C)nc12. The largest absolute Gasteiger partial charge is 0.504 e. The Morgan fingerprint density at radius 3 is 2.71 bits per heavy atom. The van der Waals surface area contributed by atoms with Crippen LogP contribution in [0, 0.1) is 5.92 Å². The van der Waals surface area contributed by atoms with Gasteiger partial charge in [0.05, 0.1) is 19.8 Å². The van der Waals surface area contributed by atoms with E-state index in [1.807, 2.05) is 0 Å². The van der Waals surface area contributed by atoms with Gasteiger partial charge in [-0.05, 0) is 18.2 Å². The van der Waals surface area contributed by atoms with Crippen LogP contribution in [-0.4, -0.2) is 73.3 Å². The number of carbonyl (C=O) groups is 1. The summed E-state index contributed by atoms with van der Waals surface area (Å²) in [6.07, 6.45) is -1.07. The van der Waals surface area contributed by atoms with Gasteiger partial charge in [0.25, 0.3) is 0 Å². The maximum Gasteiger partial charge on any atom is 0.370 e. The molecule has 5 atom stereocenters. The number of carboxylic acids is 1. The minimum absolute atomic E-state index is 0.0820. The lowest BCUT2D eigenvalue weighted by molar-refractivity contribution is -0.148. The number of aromatic hydroxyl groups is 1. The molecule has 5 N–H and O–H groups in total. The molecule has 0 bridgehead atoms. The Morgan fingerprint density at radius 2 is 2.11 bits per heavy atom. The number of aliphatic hydroxyl groups is 3. The van der Waals surface area contributed by atoms with Crippen molar-refractivity contribution in [2.45, 2.75) is 31.3 Å². The first-order valence-electron chi connectivity index (χ1n) is 8.62. The molecular formula is C18H22N2O8. The molecule has 0 spiro atoms. The third kappa shape index (κ3) is 3.37. The highest BCUT2D eigenvalue weighted by Gasteiger charge is 2.41. The number of benzene rings is 1. The van der Waals surface area contributed by atoms with Crippen LogP contribution >= 0.6 is 0 Å². The molecule has 1 aromatic heterocycles. The molecule has 2 heterocycles. The summed E-state index contributed by atoms with van der Waals surface area (Å²) in [6, 6.07) is 2.47. The molecule has 0 fully saturated rings. The van der Waals surface area contributed by atoms with Crippen molar-refractivity contribution in [3.05, 3.63) is 30.2 Å². The van der Waals surface area contributed by atoms with E-state index in [0.717, 1.165) is 0 Å². The van der Waals surface area contributed by atoms with E-state index >= 15 is 0 Å². The first-order chi connectivity index (χ1) is 13.3. The van der Waals surface area contributed by atoms with E-state index in [-0.39, 0.29) is 11.5 Å². The summed E-state index contributed by atoms with van der Waals surface area (Å²) in [5, 5.41) is 53.6. The minimum atomic E-state index is -1.51. The van der Waals surface area contributed by atoms with E-state index in [9.17, 15) is 25.2 Å². The van der Waals surface area contributed by atoms with Crippen LogP contribution in [0.25, 0.3) is 10.9 Å². The summed E-state index contributed by atoms with van der Waals surface area (Å²) in [6.45, 7) is 1.01. The maximum atomic E-state index is 11.5. The number of ether oxygens (including phenoxy) is 2. The van der Waals surface area contributed by atoms with Crippen molar-refractivity contribution >= 4 is 16.9 Å². The van der Waals surface area contributed by atoms with Gasteiger partial charge < -0.3 is 35.0 Å². The van der Waals surface area contributed by atoms with E-state index in [1.54, 1.807) is 19.2 Å². The highest BCUT2D eigenvalue weighted by molar-refractivity contribution is 5.87. The van der Waals surface area contributed by atoms with Gasteiger partial charge in [-0.15, -0.1) is 0 Å². The molecule has 28 heavy (non-hydrogen) atoms. The number of phenols is 1. The fourth-order valence-electron chi connectivity index (χ4n) is 3.36. The molecule has 3 rings (SSSR count). The second-order valence-corrected chi connectivity index (χ2v) is 6.67. The van der Waals surface area contributed by atoms with Crippen LogP contribution in [-0.2, 0) is 9.53 Å². The van der Waals surface area contributed by atoms with Gasteiger partial charge >= 0.3 is 5.97 Å². The number of rotatable bonds is 6. The molecule has 0 saturated heterocycles. The molecule has 152 valence electrons. The lowest BCUT2D eigenvalue weighted by Crippen LogP contribution is -2.48. The molecule has 2 unspecified atom stereocenters. The molecule has 10 heteroatoms. The first-order valence-corrected chi connectivity index (χ1v) is 8.62. The zero-order chi connectivity index (χ0) is 20.6. The van der Waals surface area contributed by atoms with E-state index in [0.29, 0.717) is 10.9 Å².